The van der Waals surface area contributed by atoms with Crippen LogP contribution in [0, 0.1) is 6.92 Å². The Balaban J connectivity index is 1.97. The highest BCUT2D eigenvalue weighted by Gasteiger charge is 2.22. The lowest BCUT2D eigenvalue weighted by molar-refractivity contribution is 0.0261. The highest BCUT2D eigenvalue weighted by Crippen LogP contribution is 2.22. The monoisotopic (exact) mass is 292 g/mol. The molecule has 118 valence electrons. The normalized spacial score (nSPS) is 22.5. The fourth-order valence-electron chi connectivity index (χ4n) is 2.40. The molecule has 2 unspecified atom stereocenters. The molecule has 1 aliphatic heterocycles. The number of ether oxygens (including phenoxy) is 2. The summed E-state index contributed by atoms with van der Waals surface area (Å²) >= 11 is 0. The van der Waals surface area contributed by atoms with Gasteiger partial charge in [0.2, 0.25) is 0 Å². The van der Waals surface area contributed by atoms with Crippen LogP contribution < -0.4 is 10.1 Å². The molecule has 4 heteroatoms. The van der Waals surface area contributed by atoms with E-state index in [4.69, 9.17) is 9.47 Å². The van der Waals surface area contributed by atoms with Crippen LogP contribution in [0.15, 0.2) is 12.1 Å². The van der Waals surface area contributed by atoms with Gasteiger partial charge in [-0.3, -0.25) is 4.98 Å². The number of nitrogens with one attached hydrogen (secondary N) is 1. The number of rotatable bonds is 5. The van der Waals surface area contributed by atoms with Crippen LogP contribution in [-0.4, -0.2) is 29.3 Å². The lowest BCUT2D eigenvalue weighted by Gasteiger charge is -2.22. The third-order valence-corrected chi connectivity index (χ3v) is 3.60. The summed E-state index contributed by atoms with van der Waals surface area (Å²) in [6.45, 7) is 11.9. The predicted molar refractivity (Wildman–Crippen MR) is 84.6 cm³/mol. The fourth-order valence-corrected chi connectivity index (χ4v) is 2.40. The van der Waals surface area contributed by atoms with Crippen molar-refractivity contribution >= 4 is 0 Å². The van der Waals surface area contributed by atoms with Crippen molar-refractivity contribution in [2.45, 2.75) is 71.8 Å². The van der Waals surface area contributed by atoms with Crippen LogP contribution in [0.3, 0.4) is 0 Å². The first-order valence-corrected chi connectivity index (χ1v) is 7.83. The molecule has 1 aromatic heterocycles. The minimum atomic E-state index is 0.0622. The molecule has 0 aromatic carbocycles. The Morgan fingerprint density at radius 2 is 2.10 bits per heavy atom. The lowest BCUT2D eigenvalue weighted by atomic mass is 10.1. The van der Waals surface area contributed by atoms with Crippen LogP contribution in [0.1, 0.15) is 51.9 Å². The molecule has 0 spiro atoms. The quantitative estimate of drug-likeness (QED) is 0.905. The van der Waals surface area contributed by atoms with Crippen molar-refractivity contribution in [3.05, 3.63) is 23.5 Å². The van der Waals surface area contributed by atoms with Gasteiger partial charge in [0, 0.05) is 17.8 Å². The van der Waals surface area contributed by atoms with Crippen molar-refractivity contribution < 1.29 is 9.47 Å². The first-order chi connectivity index (χ1) is 9.83. The molecule has 1 aliphatic rings. The Bertz CT molecular complexity index is 468. The van der Waals surface area contributed by atoms with Crippen molar-refractivity contribution in [3.63, 3.8) is 0 Å². The summed E-state index contributed by atoms with van der Waals surface area (Å²) in [6, 6.07) is 4.01. The number of pyridine rings is 1. The van der Waals surface area contributed by atoms with E-state index >= 15 is 0 Å². The molecule has 4 nitrogen and oxygen atoms in total. The van der Waals surface area contributed by atoms with E-state index in [1.54, 1.807) is 0 Å². The SMILES string of the molecule is Cc1ccc(OCC2CCC(C)O2)c(CNC(C)(C)C)n1. The van der Waals surface area contributed by atoms with Gasteiger partial charge in [-0.1, -0.05) is 0 Å². The van der Waals surface area contributed by atoms with Crippen LogP contribution in [0.4, 0.5) is 0 Å². The Hall–Kier alpha value is -1.13. The van der Waals surface area contributed by atoms with Crippen LogP contribution in [0.5, 0.6) is 5.75 Å². The summed E-state index contributed by atoms with van der Waals surface area (Å²) in [4.78, 5) is 4.61. The topological polar surface area (TPSA) is 43.4 Å². The molecular formula is C17H28N2O2. The van der Waals surface area contributed by atoms with Gasteiger partial charge in [-0.15, -0.1) is 0 Å². The summed E-state index contributed by atoms with van der Waals surface area (Å²) in [6.07, 6.45) is 2.77. The third-order valence-electron chi connectivity index (χ3n) is 3.60. The van der Waals surface area contributed by atoms with Gasteiger partial charge in [-0.25, -0.2) is 0 Å². The molecule has 2 heterocycles. The maximum atomic E-state index is 5.96. The Morgan fingerprint density at radius 1 is 1.33 bits per heavy atom. The van der Waals surface area contributed by atoms with Crippen molar-refractivity contribution in [2.24, 2.45) is 0 Å². The first-order valence-electron chi connectivity index (χ1n) is 7.83. The molecule has 0 aliphatic carbocycles. The van der Waals surface area contributed by atoms with E-state index in [0.29, 0.717) is 19.3 Å². The number of nitrogens with zero attached hydrogens (tertiary/aromatic N) is 1. The molecule has 0 saturated carbocycles. The van der Waals surface area contributed by atoms with Crippen molar-refractivity contribution in [1.82, 2.24) is 10.3 Å². The van der Waals surface area contributed by atoms with E-state index in [0.717, 1.165) is 30.0 Å². The zero-order chi connectivity index (χ0) is 15.5. The van der Waals surface area contributed by atoms with Gasteiger partial charge in [-0.05, 0) is 59.6 Å². The smallest absolute Gasteiger partial charge is 0.142 e. The summed E-state index contributed by atoms with van der Waals surface area (Å²) in [5.41, 5.74) is 2.04. The number of hydrogen-bond acceptors (Lipinski definition) is 4. The summed E-state index contributed by atoms with van der Waals surface area (Å²) in [7, 11) is 0. The van der Waals surface area contributed by atoms with E-state index in [1.807, 2.05) is 19.1 Å². The van der Waals surface area contributed by atoms with E-state index in [-0.39, 0.29) is 11.6 Å². The van der Waals surface area contributed by atoms with Crippen LogP contribution in [-0.2, 0) is 11.3 Å². The van der Waals surface area contributed by atoms with E-state index in [1.165, 1.54) is 0 Å². The van der Waals surface area contributed by atoms with Crippen LogP contribution in [0.25, 0.3) is 0 Å². The number of hydrogen-bond donors (Lipinski definition) is 1. The predicted octanol–water partition coefficient (Wildman–Crippen LogP) is 3.22. The van der Waals surface area contributed by atoms with E-state index in [2.05, 4.69) is 38.0 Å². The minimum Gasteiger partial charge on any atom is -0.489 e. The maximum absolute atomic E-state index is 5.96. The zero-order valence-corrected chi connectivity index (χ0v) is 13.9. The van der Waals surface area contributed by atoms with Gasteiger partial charge in [0.1, 0.15) is 12.4 Å². The second-order valence-corrected chi connectivity index (χ2v) is 6.96. The fraction of sp³-hybridized carbons (Fsp3) is 0.706. The molecule has 1 N–H and O–H groups in total. The molecule has 0 radical (unpaired) electrons. The van der Waals surface area contributed by atoms with Gasteiger partial charge in [-0.2, -0.15) is 0 Å². The van der Waals surface area contributed by atoms with Gasteiger partial charge in [0.25, 0.3) is 0 Å². The Labute approximate surface area is 128 Å². The Kier molecular flexibility index (Phi) is 5.22. The average Bonchev–Trinajstić information content (AvgIpc) is 2.80. The van der Waals surface area contributed by atoms with Crippen LogP contribution in [0.2, 0.25) is 0 Å². The number of aryl methyl sites for hydroxylation is 1. The molecule has 0 bridgehead atoms. The van der Waals surface area contributed by atoms with Gasteiger partial charge >= 0.3 is 0 Å². The molecule has 21 heavy (non-hydrogen) atoms. The van der Waals surface area contributed by atoms with Crippen molar-refractivity contribution in [3.8, 4) is 5.75 Å². The van der Waals surface area contributed by atoms with E-state index < -0.39 is 0 Å². The average molecular weight is 292 g/mol. The summed E-state index contributed by atoms with van der Waals surface area (Å²) in [5.74, 6) is 0.862. The zero-order valence-electron chi connectivity index (χ0n) is 13.9. The molecule has 2 atom stereocenters. The summed E-state index contributed by atoms with van der Waals surface area (Å²) < 4.78 is 11.8. The second-order valence-electron chi connectivity index (χ2n) is 6.96. The second kappa shape index (κ2) is 6.75. The van der Waals surface area contributed by atoms with Gasteiger partial charge in [0.05, 0.1) is 17.9 Å². The molecule has 0 amide bonds. The largest absolute Gasteiger partial charge is 0.489 e. The molecular weight excluding hydrogens is 264 g/mol. The maximum Gasteiger partial charge on any atom is 0.142 e. The van der Waals surface area contributed by atoms with Crippen molar-refractivity contribution in [2.75, 3.05) is 6.61 Å². The minimum absolute atomic E-state index is 0.0622. The standard InChI is InChI=1S/C17H28N2O2/c1-12-6-9-16(15(19-12)10-18-17(3,4)5)20-11-14-8-7-13(2)21-14/h6,9,13-14,18H,7-8,10-11H2,1-5H3. The van der Waals surface area contributed by atoms with Crippen LogP contribution >= 0.6 is 0 Å². The first kappa shape index (κ1) is 16.2. The Morgan fingerprint density at radius 3 is 2.71 bits per heavy atom. The highest BCUT2D eigenvalue weighted by atomic mass is 16.5. The van der Waals surface area contributed by atoms with Crippen molar-refractivity contribution in [1.29, 1.82) is 0 Å². The molecule has 1 aromatic rings. The third kappa shape index (κ3) is 5.29. The van der Waals surface area contributed by atoms with E-state index in [9.17, 15) is 0 Å². The molecule has 1 saturated heterocycles. The summed E-state index contributed by atoms with van der Waals surface area (Å²) in [5, 5.41) is 3.47. The van der Waals surface area contributed by atoms with Gasteiger partial charge in [0.15, 0.2) is 0 Å². The van der Waals surface area contributed by atoms with Gasteiger partial charge < -0.3 is 14.8 Å². The lowest BCUT2D eigenvalue weighted by Crippen LogP contribution is -2.35. The number of aromatic nitrogens is 1. The highest BCUT2D eigenvalue weighted by molar-refractivity contribution is 5.29. The molecule has 2 rings (SSSR count). The molecule has 1 fully saturated rings.